The molecule has 0 saturated carbocycles. The zero-order valence-electron chi connectivity index (χ0n) is 6.50. The van der Waals surface area contributed by atoms with E-state index in [0.717, 1.165) is 0 Å². The van der Waals surface area contributed by atoms with Crippen molar-refractivity contribution in [3.63, 3.8) is 0 Å². The Morgan fingerprint density at radius 3 is 1.44 bits per heavy atom. The first kappa shape index (κ1) is 8.92. The van der Waals surface area contributed by atoms with Crippen LogP contribution >= 0.6 is 0 Å². The second kappa shape index (κ2) is 3.85. The fourth-order valence-corrected chi connectivity index (χ4v) is 4.40. The summed E-state index contributed by atoms with van der Waals surface area (Å²) in [6, 6.07) is 0. The number of hydrogen-bond donors (Lipinski definition) is 0. The van der Waals surface area contributed by atoms with Gasteiger partial charge in [-0.1, -0.05) is 0 Å². The molecule has 0 amide bonds. The van der Waals surface area contributed by atoms with Gasteiger partial charge in [0.05, 0.1) is 0 Å². The molecule has 1 heteroatoms. The summed E-state index contributed by atoms with van der Waals surface area (Å²) in [7, 11) is 0. The molecule has 48 valence electrons. The van der Waals surface area contributed by atoms with Crippen molar-refractivity contribution in [3.8, 4) is 19.7 Å². The van der Waals surface area contributed by atoms with Crippen molar-refractivity contribution < 1.29 is 0 Å². The number of rotatable bonds is 0. The summed E-state index contributed by atoms with van der Waals surface area (Å²) in [5.74, 6) is 5.87. The van der Waals surface area contributed by atoms with Crippen molar-refractivity contribution in [2.45, 2.75) is 23.7 Å². The van der Waals surface area contributed by atoms with E-state index in [1.807, 2.05) is 13.8 Å². The number of hydrogen-bond acceptors (Lipinski definition) is 0. The van der Waals surface area contributed by atoms with Crippen LogP contribution in [0.15, 0.2) is 0 Å². The molecule has 0 aliphatic carbocycles. The summed E-state index contributed by atoms with van der Waals surface area (Å²) >= 11 is -2.09. The predicted octanol–water partition coefficient (Wildman–Crippen LogP) is 1.82. The van der Waals surface area contributed by atoms with E-state index in [1.54, 1.807) is 0 Å². The van der Waals surface area contributed by atoms with E-state index >= 15 is 0 Å². The molecule has 9 heavy (non-hydrogen) atoms. The van der Waals surface area contributed by atoms with Gasteiger partial charge in [0.25, 0.3) is 0 Å². The zero-order valence-corrected chi connectivity index (χ0v) is 9.35. The minimum atomic E-state index is -2.09. The molecule has 0 nitrogen and oxygen atoms in total. The molecule has 0 aromatic carbocycles. The van der Waals surface area contributed by atoms with Gasteiger partial charge in [-0.15, -0.1) is 0 Å². The molecule has 0 unspecified atom stereocenters. The zero-order chi connectivity index (χ0) is 7.33. The van der Waals surface area contributed by atoms with Gasteiger partial charge in [-0.25, -0.2) is 0 Å². The van der Waals surface area contributed by atoms with Gasteiger partial charge in [0.15, 0.2) is 0 Å². The van der Waals surface area contributed by atoms with Crippen LogP contribution < -0.4 is 0 Å². The normalized spacial score (nSPS) is 8.44. The molecule has 0 N–H and O–H groups in total. The van der Waals surface area contributed by atoms with Crippen molar-refractivity contribution in [2.75, 3.05) is 0 Å². The second-order valence-electron chi connectivity index (χ2n) is 2.38. The Labute approximate surface area is 61.9 Å². The first-order valence-electron chi connectivity index (χ1n) is 3.00. The third kappa shape index (κ3) is 4.42. The second-order valence-corrected chi connectivity index (χ2v) is 13.1. The third-order valence-corrected chi connectivity index (χ3v) is 5.87. The molecule has 0 rings (SSSR count). The van der Waals surface area contributed by atoms with E-state index in [1.165, 1.54) is 0 Å². The molecule has 0 aromatic heterocycles. The Bertz CT molecular complexity index is 170. The summed E-state index contributed by atoms with van der Waals surface area (Å²) in [5.41, 5.74) is 0. The van der Waals surface area contributed by atoms with Gasteiger partial charge in [-0.05, 0) is 0 Å². The van der Waals surface area contributed by atoms with Crippen molar-refractivity contribution in [3.05, 3.63) is 0 Å². The Morgan fingerprint density at radius 1 is 0.889 bits per heavy atom. The van der Waals surface area contributed by atoms with E-state index in [9.17, 15) is 0 Å². The summed E-state index contributed by atoms with van der Waals surface area (Å²) in [6.45, 7) is 3.77. The van der Waals surface area contributed by atoms with Crippen LogP contribution in [-0.2, 0) is 0 Å². The molecule has 0 bridgehead atoms. The molecule has 0 fully saturated rings. The molecule has 0 radical (unpaired) electrons. The van der Waals surface area contributed by atoms with E-state index in [2.05, 4.69) is 29.6 Å². The quantitative estimate of drug-likeness (QED) is 0.437. The van der Waals surface area contributed by atoms with Crippen LogP contribution in [0.4, 0.5) is 0 Å². The molecule has 0 atom stereocenters. The Hall–Kier alpha value is -0.0813. The van der Waals surface area contributed by atoms with Crippen LogP contribution in [0.25, 0.3) is 0 Å². The summed E-state index contributed by atoms with van der Waals surface area (Å²) < 4.78 is 6.42. The predicted molar refractivity (Wildman–Crippen MR) is 44.4 cm³/mol. The van der Waals surface area contributed by atoms with Gasteiger partial charge < -0.3 is 0 Å². The average Bonchev–Trinajstić information content (AvgIpc) is 1.64. The summed E-state index contributed by atoms with van der Waals surface area (Å²) in [5, 5.41) is 0. The van der Waals surface area contributed by atoms with Crippen molar-refractivity contribution in [1.29, 1.82) is 0 Å². The van der Waals surface area contributed by atoms with Crippen LogP contribution in [0.2, 0.25) is 9.88 Å². The topological polar surface area (TPSA) is 0 Å². The molecule has 0 spiro atoms. The maximum absolute atomic E-state index is 3.21. The van der Waals surface area contributed by atoms with Gasteiger partial charge >= 0.3 is 61.8 Å². The van der Waals surface area contributed by atoms with Crippen LogP contribution in [0.1, 0.15) is 13.8 Å². The van der Waals surface area contributed by atoms with Gasteiger partial charge in [0.2, 0.25) is 0 Å². The Kier molecular flexibility index (Phi) is 3.82. The maximum atomic E-state index is 3.21. The average molecular weight is 227 g/mol. The minimum absolute atomic E-state index is 1.88. The monoisotopic (exact) mass is 228 g/mol. The standard InChI is InChI=1S/2C3H3.2CH3.Sn/c2*1-3-2;;;/h2*1H3;2*1H3;. The van der Waals surface area contributed by atoms with Crippen LogP contribution in [-0.4, -0.2) is 18.4 Å². The Morgan fingerprint density at radius 2 is 1.22 bits per heavy atom. The fourth-order valence-electron chi connectivity index (χ4n) is 0.656. The first-order valence-corrected chi connectivity index (χ1v) is 11.6. The van der Waals surface area contributed by atoms with Crippen LogP contribution in [0.3, 0.4) is 0 Å². The molecule has 0 saturated heterocycles. The van der Waals surface area contributed by atoms with Gasteiger partial charge in [0.1, 0.15) is 0 Å². The van der Waals surface area contributed by atoms with Gasteiger partial charge in [-0.3, -0.25) is 0 Å². The molecule has 0 heterocycles. The third-order valence-electron chi connectivity index (χ3n) is 0.875. The van der Waals surface area contributed by atoms with Gasteiger partial charge in [0, 0.05) is 0 Å². The molecular weight excluding hydrogens is 215 g/mol. The Balaban J connectivity index is 4.26. The first-order chi connectivity index (χ1) is 4.12. The molecule has 0 aromatic rings. The van der Waals surface area contributed by atoms with E-state index < -0.39 is 18.4 Å². The van der Waals surface area contributed by atoms with Crippen molar-refractivity contribution in [1.82, 2.24) is 0 Å². The SMILES string of the molecule is CC#[C][Sn]([CH3])([CH3])[C]#CC. The summed E-state index contributed by atoms with van der Waals surface area (Å²) in [6.07, 6.45) is 0. The molecular formula is C8H12Sn. The van der Waals surface area contributed by atoms with Crippen LogP contribution in [0, 0.1) is 19.7 Å². The summed E-state index contributed by atoms with van der Waals surface area (Å²) in [4.78, 5) is 4.45. The van der Waals surface area contributed by atoms with E-state index in [4.69, 9.17) is 0 Å². The molecule has 0 aliphatic heterocycles. The van der Waals surface area contributed by atoms with Crippen LogP contribution in [0.5, 0.6) is 0 Å². The van der Waals surface area contributed by atoms with Crippen molar-refractivity contribution in [2.24, 2.45) is 0 Å². The van der Waals surface area contributed by atoms with Gasteiger partial charge in [-0.2, -0.15) is 0 Å². The molecule has 0 aliphatic rings. The van der Waals surface area contributed by atoms with E-state index in [-0.39, 0.29) is 0 Å². The van der Waals surface area contributed by atoms with Crippen molar-refractivity contribution >= 4 is 18.4 Å². The van der Waals surface area contributed by atoms with E-state index in [0.29, 0.717) is 0 Å². The fraction of sp³-hybridized carbons (Fsp3) is 0.500.